The van der Waals surface area contributed by atoms with Gasteiger partial charge < -0.3 is 9.73 Å². The van der Waals surface area contributed by atoms with Crippen LogP contribution in [-0.4, -0.2) is 4.98 Å². The van der Waals surface area contributed by atoms with Gasteiger partial charge in [-0.2, -0.15) is 0 Å². The lowest BCUT2D eigenvalue weighted by Gasteiger charge is -2.09. The quantitative estimate of drug-likeness (QED) is 0.774. The molecule has 0 amide bonds. The highest BCUT2D eigenvalue weighted by Crippen LogP contribution is 2.23. The molecule has 0 radical (unpaired) electrons. The summed E-state index contributed by atoms with van der Waals surface area (Å²) in [6, 6.07) is 10.4. The smallest absolute Gasteiger partial charge is 0.134 e. The Kier molecular flexibility index (Phi) is 3.13. The van der Waals surface area contributed by atoms with Crippen molar-refractivity contribution < 1.29 is 4.42 Å². The molecule has 0 aliphatic heterocycles. The summed E-state index contributed by atoms with van der Waals surface area (Å²) in [6.07, 6.45) is 1.89. The number of nitrogens with one attached hydrogen (secondary N) is 1. The summed E-state index contributed by atoms with van der Waals surface area (Å²) in [5.41, 5.74) is 2.79. The number of hydrogen-bond acceptors (Lipinski definition) is 4. The van der Waals surface area contributed by atoms with Crippen LogP contribution in [0.1, 0.15) is 23.6 Å². The minimum atomic E-state index is 0.194. The van der Waals surface area contributed by atoms with Gasteiger partial charge in [0.25, 0.3) is 0 Å². The highest BCUT2D eigenvalue weighted by Gasteiger charge is 2.10. The first-order valence-electron chi connectivity index (χ1n) is 5.92. The normalized spacial score (nSPS) is 12.9. The number of fused-ring (bicyclic) bond motifs is 1. The van der Waals surface area contributed by atoms with Crippen LogP contribution >= 0.6 is 11.3 Å². The molecule has 1 atom stereocenters. The fourth-order valence-corrected chi connectivity index (χ4v) is 2.45. The van der Waals surface area contributed by atoms with Crippen molar-refractivity contribution >= 4 is 22.3 Å². The third kappa shape index (κ3) is 2.30. The van der Waals surface area contributed by atoms with E-state index in [1.54, 1.807) is 11.3 Å². The predicted molar refractivity (Wildman–Crippen MR) is 73.6 cm³/mol. The van der Waals surface area contributed by atoms with Gasteiger partial charge in [0.05, 0.1) is 11.6 Å². The number of nitrogens with zero attached hydrogens (tertiary/aromatic N) is 1. The minimum Gasteiger partial charge on any atom is -0.459 e. The lowest BCUT2D eigenvalue weighted by molar-refractivity contribution is 0.452. The highest BCUT2D eigenvalue weighted by molar-refractivity contribution is 7.09. The van der Waals surface area contributed by atoms with Gasteiger partial charge in [0.2, 0.25) is 0 Å². The lowest BCUT2D eigenvalue weighted by Crippen LogP contribution is -2.16. The summed E-state index contributed by atoms with van der Waals surface area (Å²) < 4.78 is 5.82. The first-order chi connectivity index (χ1) is 8.83. The summed E-state index contributed by atoms with van der Waals surface area (Å²) in [4.78, 5) is 5.30. The van der Waals surface area contributed by atoms with E-state index < -0.39 is 0 Å². The van der Waals surface area contributed by atoms with Gasteiger partial charge in [-0.1, -0.05) is 18.2 Å². The van der Waals surface area contributed by atoms with E-state index >= 15 is 0 Å². The molecule has 0 aliphatic carbocycles. The van der Waals surface area contributed by atoms with Crippen LogP contribution in [0, 0.1) is 0 Å². The molecule has 4 heteroatoms. The number of hydrogen-bond donors (Lipinski definition) is 1. The standard InChI is InChI=1S/C14H14N2OS/c1-10(16-8-12-7-15-9-18-12)14-6-11-4-2-3-5-13(11)17-14/h2-7,9-10,16H,8H2,1H3. The van der Waals surface area contributed by atoms with Gasteiger partial charge in [0.15, 0.2) is 0 Å². The van der Waals surface area contributed by atoms with E-state index in [0.29, 0.717) is 0 Å². The van der Waals surface area contributed by atoms with Crippen molar-refractivity contribution in [1.29, 1.82) is 0 Å². The topological polar surface area (TPSA) is 38.1 Å². The fourth-order valence-electron chi connectivity index (χ4n) is 1.90. The second kappa shape index (κ2) is 4.92. The first-order valence-corrected chi connectivity index (χ1v) is 6.80. The molecule has 0 bridgehead atoms. The van der Waals surface area contributed by atoms with E-state index in [4.69, 9.17) is 4.42 Å². The second-order valence-corrected chi connectivity index (χ2v) is 5.23. The van der Waals surface area contributed by atoms with Gasteiger partial charge in [0.1, 0.15) is 11.3 Å². The van der Waals surface area contributed by atoms with Crippen molar-refractivity contribution in [1.82, 2.24) is 10.3 Å². The number of para-hydroxylation sites is 1. The van der Waals surface area contributed by atoms with E-state index in [0.717, 1.165) is 23.3 Å². The lowest BCUT2D eigenvalue weighted by atomic mass is 10.2. The molecule has 0 aliphatic rings. The molecule has 0 saturated heterocycles. The van der Waals surface area contributed by atoms with Crippen molar-refractivity contribution in [2.45, 2.75) is 19.5 Å². The number of benzene rings is 1. The monoisotopic (exact) mass is 258 g/mol. The summed E-state index contributed by atoms with van der Waals surface area (Å²) in [5, 5.41) is 4.59. The predicted octanol–water partition coefficient (Wildman–Crippen LogP) is 3.74. The number of rotatable bonds is 4. The molecule has 1 N–H and O–H groups in total. The summed E-state index contributed by atoms with van der Waals surface area (Å²) in [7, 11) is 0. The maximum Gasteiger partial charge on any atom is 0.134 e. The zero-order chi connectivity index (χ0) is 12.4. The summed E-state index contributed by atoms with van der Waals surface area (Å²) >= 11 is 1.66. The van der Waals surface area contributed by atoms with Crippen LogP contribution in [0.15, 0.2) is 46.5 Å². The van der Waals surface area contributed by atoms with Crippen molar-refractivity contribution in [3.05, 3.63) is 52.7 Å². The van der Waals surface area contributed by atoms with Crippen LogP contribution in [0.5, 0.6) is 0 Å². The van der Waals surface area contributed by atoms with E-state index in [1.807, 2.05) is 29.9 Å². The number of aromatic nitrogens is 1. The molecule has 3 aromatic rings. The second-order valence-electron chi connectivity index (χ2n) is 4.26. The van der Waals surface area contributed by atoms with Gasteiger partial charge in [0, 0.05) is 23.0 Å². The molecule has 3 nitrogen and oxygen atoms in total. The zero-order valence-corrected chi connectivity index (χ0v) is 10.9. The van der Waals surface area contributed by atoms with E-state index in [9.17, 15) is 0 Å². The Labute approximate surface area is 109 Å². The van der Waals surface area contributed by atoms with Crippen LogP contribution in [0.4, 0.5) is 0 Å². The maximum atomic E-state index is 5.82. The third-order valence-corrected chi connectivity index (χ3v) is 3.72. The third-order valence-electron chi connectivity index (χ3n) is 2.94. The average Bonchev–Trinajstić information content (AvgIpc) is 3.04. The molecular weight excluding hydrogens is 244 g/mol. The molecule has 0 spiro atoms. The molecule has 3 rings (SSSR count). The van der Waals surface area contributed by atoms with Crippen molar-refractivity contribution in [2.75, 3.05) is 0 Å². The Bertz CT molecular complexity index is 597. The Morgan fingerprint density at radius 3 is 3.06 bits per heavy atom. The summed E-state index contributed by atoms with van der Waals surface area (Å²) in [6.45, 7) is 2.93. The maximum absolute atomic E-state index is 5.82. The number of furan rings is 1. The van der Waals surface area contributed by atoms with Gasteiger partial charge in [-0.05, 0) is 19.1 Å². The van der Waals surface area contributed by atoms with Crippen LogP contribution in [-0.2, 0) is 6.54 Å². The average molecular weight is 258 g/mol. The van der Waals surface area contributed by atoms with Crippen molar-refractivity contribution in [3.63, 3.8) is 0 Å². The number of thiazole rings is 1. The van der Waals surface area contributed by atoms with E-state index in [2.05, 4.69) is 29.4 Å². The molecule has 1 unspecified atom stereocenters. The van der Waals surface area contributed by atoms with Gasteiger partial charge in [-0.3, -0.25) is 4.98 Å². The first kappa shape index (κ1) is 11.4. The van der Waals surface area contributed by atoms with Crippen LogP contribution < -0.4 is 5.32 Å². The SMILES string of the molecule is CC(NCc1cncs1)c1cc2ccccc2o1. The van der Waals surface area contributed by atoms with E-state index in [-0.39, 0.29) is 6.04 Å². The van der Waals surface area contributed by atoms with Crippen LogP contribution in [0.2, 0.25) is 0 Å². The molecule has 18 heavy (non-hydrogen) atoms. The van der Waals surface area contributed by atoms with Crippen LogP contribution in [0.3, 0.4) is 0 Å². The largest absolute Gasteiger partial charge is 0.459 e. The minimum absolute atomic E-state index is 0.194. The molecule has 0 saturated carbocycles. The van der Waals surface area contributed by atoms with E-state index in [1.165, 1.54) is 4.88 Å². The fraction of sp³-hybridized carbons (Fsp3) is 0.214. The molecule has 1 aromatic carbocycles. The Balaban J connectivity index is 1.73. The van der Waals surface area contributed by atoms with Gasteiger partial charge in [-0.15, -0.1) is 11.3 Å². The molecule has 2 aromatic heterocycles. The molecular formula is C14H14N2OS. The van der Waals surface area contributed by atoms with Gasteiger partial charge in [-0.25, -0.2) is 0 Å². The summed E-state index contributed by atoms with van der Waals surface area (Å²) in [5.74, 6) is 0.973. The Morgan fingerprint density at radius 2 is 2.28 bits per heavy atom. The van der Waals surface area contributed by atoms with Crippen molar-refractivity contribution in [2.24, 2.45) is 0 Å². The Hall–Kier alpha value is -1.65. The molecule has 0 fully saturated rings. The molecule has 2 heterocycles. The Morgan fingerprint density at radius 1 is 1.39 bits per heavy atom. The zero-order valence-electron chi connectivity index (χ0n) is 10.1. The van der Waals surface area contributed by atoms with Gasteiger partial charge >= 0.3 is 0 Å². The van der Waals surface area contributed by atoms with Crippen LogP contribution in [0.25, 0.3) is 11.0 Å². The highest BCUT2D eigenvalue weighted by atomic mass is 32.1. The molecule has 92 valence electrons. The van der Waals surface area contributed by atoms with Crippen molar-refractivity contribution in [3.8, 4) is 0 Å².